The Kier molecular flexibility index (Phi) is 3.33. The summed E-state index contributed by atoms with van der Waals surface area (Å²) in [6, 6.07) is 14.3. The molecular weight excluding hydrogens is 210 g/mol. The van der Waals surface area contributed by atoms with Gasteiger partial charge in [0.25, 0.3) is 0 Å². The number of rotatable bonds is 3. The minimum Gasteiger partial charge on any atom is -0.497 e. The van der Waals surface area contributed by atoms with Crippen molar-refractivity contribution in [2.24, 2.45) is 0 Å². The molecule has 0 aromatic heterocycles. The Morgan fingerprint density at radius 3 is 2.24 bits per heavy atom. The average molecular weight is 227 g/mol. The van der Waals surface area contributed by atoms with Crippen molar-refractivity contribution in [3.05, 3.63) is 53.6 Å². The van der Waals surface area contributed by atoms with Crippen molar-refractivity contribution in [2.75, 3.05) is 12.4 Å². The van der Waals surface area contributed by atoms with E-state index in [-0.39, 0.29) is 0 Å². The molecule has 0 unspecified atom stereocenters. The van der Waals surface area contributed by atoms with Crippen LogP contribution in [0.4, 0.5) is 11.4 Å². The van der Waals surface area contributed by atoms with E-state index in [4.69, 9.17) is 4.74 Å². The fraction of sp³-hybridized carbons (Fsp3) is 0.200. The lowest BCUT2D eigenvalue weighted by molar-refractivity contribution is 0.415. The number of methoxy groups -OCH3 is 1. The Morgan fingerprint density at radius 2 is 1.65 bits per heavy atom. The molecule has 2 aromatic rings. The molecule has 0 saturated heterocycles. The Labute approximate surface area is 102 Å². The largest absolute Gasteiger partial charge is 0.497 e. The first kappa shape index (κ1) is 11.5. The van der Waals surface area contributed by atoms with Gasteiger partial charge in [-0.1, -0.05) is 17.7 Å². The first-order valence-corrected chi connectivity index (χ1v) is 5.67. The molecule has 1 N–H and O–H groups in total. The summed E-state index contributed by atoms with van der Waals surface area (Å²) in [6.45, 7) is 4.21. The molecule has 17 heavy (non-hydrogen) atoms. The van der Waals surface area contributed by atoms with Gasteiger partial charge in [-0.05, 0) is 49.7 Å². The number of hydrogen-bond donors (Lipinski definition) is 1. The maximum Gasteiger partial charge on any atom is 0.119 e. The molecule has 0 radical (unpaired) electrons. The normalized spacial score (nSPS) is 10.1. The van der Waals surface area contributed by atoms with E-state index in [0.717, 1.165) is 17.1 Å². The highest BCUT2D eigenvalue weighted by atomic mass is 16.5. The van der Waals surface area contributed by atoms with Gasteiger partial charge in [-0.25, -0.2) is 0 Å². The van der Waals surface area contributed by atoms with Crippen molar-refractivity contribution in [2.45, 2.75) is 13.8 Å². The quantitative estimate of drug-likeness (QED) is 0.853. The van der Waals surface area contributed by atoms with Crippen LogP contribution in [-0.2, 0) is 0 Å². The van der Waals surface area contributed by atoms with Crippen molar-refractivity contribution in [1.82, 2.24) is 0 Å². The predicted octanol–water partition coefficient (Wildman–Crippen LogP) is 4.06. The molecule has 0 spiro atoms. The number of aryl methyl sites for hydroxylation is 2. The van der Waals surface area contributed by atoms with Crippen molar-refractivity contribution in [3.8, 4) is 5.75 Å². The van der Waals surface area contributed by atoms with Crippen LogP contribution in [0.15, 0.2) is 42.5 Å². The Morgan fingerprint density at radius 1 is 0.941 bits per heavy atom. The lowest BCUT2D eigenvalue weighted by Gasteiger charge is -2.10. The summed E-state index contributed by atoms with van der Waals surface area (Å²) in [5, 5.41) is 3.40. The molecule has 0 amide bonds. The van der Waals surface area contributed by atoms with Crippen molar-refractivity contribution in [1.29, 1.82) is 0 Å². The summed E-state index contributed by atoms with van der Waals surface area (Å²) in [5.41, 5.74) is 4.74. The lowest BCUT2D eigenvalue weighted by atomic mass is 10.1. The Bertz CT molecular complexity index is 503. The number of ether oxygens (including phenoxy) is 1. The van der Waals surface area contributed by atoms with Gasteiger partial charge in [-0.2, -0.15) is 0 Å². The number of benzene rings is 2. The predicted molar refractivity (Wildman–Crippen MR) is 72.2 cm³/mol. The fourth-order valence-corrected chi connectivity index (χ4v) is 1.78. The standard InChI is InChI=1S/C15H17NO/c1-11-4-9-15(12(2)10-11)16-13-5-7-14(17-3)8-6-13/h4-10,16H,1-3H3. The third-order valence-electron chi connectivity index (χ3n) is 2.75. The molecular formula is C15H17NO. The van der Waals surface area contributed by atoms with Crippen molar-refractivity contribution >= 4 is 11.4 Å². The summed E-state index contributed by atoms with van der Waals surface area (Å²) in [4.78, 5) is 0. The molecule has 2 nitrogen and oxygen atoms in total. The minimum atomic E-state index is 0.871. The third kappa shape index (κ3) is 2.78. The summed E-state index contributed by atoms with van der Waals surface area (Å²) >= 11 is 0. The molecule has 0 aliphatic carbocycles. The maximum atomic E-state index is 5.13. The number of anilines is 2. The van der Waals surface area contributed by atoms with E-state index >= 15 is 0 Å². The second-order valence-corrected chi connectivity index (χ2v) is 4.17. The molecule has 0 heterocycles. The van der Waals surface area contributed by atoms with Gasteiger partial charge in [0, 0.05) is 11.4 Å². The van der Waals surface area contributed by atoms with Crippen LogP contribution in [0.1, 0.15) is 11.1 Å². The van der Waals surface area contributed by atoms with Crippen LogP contribution in [0.25, 0.3) is 0 Å². The zero-order valence-electron chi connectivity index (χ0n) is 10.4. The van der Waals surface area contributed by atoms with Crippen LogP contribution >= 0.6 is 0 Å². The molecule has 2 aromatic carbocycles. The molecule has 2 heteroatoms. The second-order valence-electron chi connectivity index (χ2n) is 4.17. The van der Waals surface area contributed by atoms with Gasteiger partial charge >= 0.3 is 0 Å². The average Bonchev–Trinajstić information content (AvgIpc) is 2.34. The molecule has 0 atom stereocenters. The van der Waals surface area contributed by atoms with E-state index in [9.17, 15) is 0 Å². The highest BCUT2D eigenvalue weighted by Gasteiger charge is 1.99. The summed E-state index contributed by atoms with van der Waals surface area (Å²) in [7, 11) is 1.67. The fourth-order valence-electron chi connectivity index (χ4n) is 1.78. The van der Waals surface area contributed by atoms with Crippen LogP contribution in [0.2, 0.25) is 0 Å². The van der Waals surface area contributed by atoms with Crippen molar-refractivity contribution in [3.63, 3.8) is 0 Å². The zero-order valence-corrected chi connectivity index (χ0v) is 10.4. The molecule has 0 bridgehead atoms. The summed E-state index contributed by atoms with van der Waals surface area (Å²) in [6.07, 6.45) is 0. The molecule has 0 fully saturated rings. The first-order chi connectivity index (χ1) is 8.19. The van der Waals surface area contributed by atoms with E-state index in [0.29, 0.717) is 0 Å². The first-order valence-electron chi connectivity index (χ1n) is 5.67. The van der Waals surface area contributed by atoms with Crippen molar-refractivity contribution < 1.29 is 4.74 Å². The van der Waals surface area contributed by atoms with E-state index in [1.54, 1.807) is 7.11 Å². The van der Waals surface area contributed by atoms with E-state index in [2.05, 4.69) is 37.4 Å². The highest BCUT2D eigenvalue weighted by molar-refractivity contribution is 5.63. The van der Waals surface area contributed by atoms with Gasteiger partial charge in [0.1, 0.15) is 5.75 Å². The minimum absolute atomic E-state index is 0.871. The van der Waals surface area contributed by atoms with E-state index in [1.165, 1.54) is 11.1 Å². The SMILES string of the molecule is COc1ccc(Nc2ccc(C)cc2C)cc1. The second kappa shape index (κ2) is 4.91. The maximum absolute atomic E-state index is 5.13. The van der Waals surface area contributed by atoms with Crippen LogP contribution in [-0.4, -0.2) is 7.11 Å². The van der Waals surface area contributed by atoms with Gasteiger partial charge in [0.2, 0.25) is 0 Å². The van der Waals surface area contributed by atoms with Crippen LogP contribution in [0.3, 0.4) is 0 Å². The van der Waals surface area contributed by atoms with Gasteiger partial charge in [-0.3, -0.25) is 0 Å². The zero-order chi connectivity index (χ0) is 12.3. The highest BCUT2D eigenvalue weighted by Crippen LogP contribution is 2.23. The van der Waals surface area contributed by atoms with Crippen LogP contribution in [0, 0.1) is 13.8 Å². The van der Waals surface area contributed by atoms with Crippen LogP contribution in [0.5, 0.6) is 5.75 Å². The topological polar surface area (TPSA) is 21.3 Å². The summed E-state index contributed by atoms with van der Waals surface area (Å²) < 4.78 is 5.13. The molecule has 0 saturated carbocycles. The smallest absolute Gasteiger partial charge is 0.119 e. The third-order valence-corrected chi connectivity index (χ3v) is 2.75. The number of hydrogen-bond acceptors (Lipinski definition) is 2. The lowest BCUT2D eigenvalue weighted by Crippen LogP contribution is -1.93. The van der Waals surface area contributed by atoms with Gasteiger partial charge in [0.15, 0.2) is 0 Å². The van der Waals surface area contributed by atoms with E-state index in [1.807, 2.05) is 24.3 Å². The molecule has 88 valence electrons. The molecule has 0 aliphatic rings. The summed E-state index contributed by atoms with van der Waals surface area (Å²) in [5.74, 6) is 0.871. The molecule has 0 aliphatic heterocycles. The van der Waals surface area contributed by atoms with E-state index < -0.39 is 0 Å². The monoisotopic (exact) mass is 227 g/mol. The van der Waals surface area contributed by atoms with Gasteiger partial charge in [0.05, 0.1) is 7.11 Å². The van der Waals surface area contributed by atoms with Crippen LogP contribution < -0.4 is 10.1 Å². The Hall–Kier alpha value is -1.96. The van der Waals surface area contributed by atoms with Gasteiger partial charge < -0.3 is 10.1 Å². The Balaban J connectivity index is 2.19. The number of nitrogens with one attached hydrogen (secondary N) is 1. The van der Waals surface area contributed by atoms with Gasteiger partial charge in [-0.15, -0.1) is 0 Å². The molecule has 2 rings (SSSR count).